The van der Waals surface area contributed by atoms with Crippen molar-refractivity contribution < 1.29 is 19.4 Å². The van der Waals surface area contributed by atoms with Crippen molar-refractivity contribution in [1.82, 2.24) is 5.32 Å². The van der Waals surface area contributed by atoms with E-state index >= 15 is 0 Å². The highest BCUT2D eigenvalue weighted by Gasteiger charge is 2.26. The molecule has 1 atom stereocenters. The largest absolute Gasteiger partial charge is 0.480 e. The number of carboxylic acids is 1. The molecule has 0 bridgehead atoms. The quantitative estimate of drug-likeness (QED) is 0.756. The van der Waals surface area contributed by atoms with Gasteiger partial charge in [-0.05, 0) is 26.7 Å². The summed E-state index contributed by atoms with van der Waals surface area (Å²) >= 11 is 0. The molecule has 0 aliphatic heterocycles. The summed E-state index contributed by atoms with van der Waals surface area (Å²) in [5.41, 5.74) is -0.621. The first-order valence-electron chi connectivity index (χ1n) is 4.86. The van der Waals surface area contributed by atoms with Gasteiger partial charge in [0, 0.05) is 0 Å². The molecule has 0 saturated carbocycles. The Balaban J connectivity index is 4.31. The summed E-state index contributed by atoms with van der Waals surface area (Å²) in [4.78, 5) is 22.1. The maximum absolute atomic E-state index is 11.3. The van der Waals surface area contributed by atoms with E-state index in [1.807, 2.05) is 0 Å². The number of aliphatic carboxylic acids is 1. The van der Waals surface area contributed by atoms with Crippen LogP contribution in [-0.4, -0.2) is 28.8 Å². The van der Waals surface area contributed by atoms with Crippen LogP contribution in [0.5, 0.6) is 0 Å². The summed E-state index contributed by atoms with van der Waals surface area (Å²) in [5, 5.41) is 11.1. The number of carboxylic acid groups (broad SMARTS) is 1. The molecule has 0 aliphatic rings. The molecule has 5 heteroatoms. The molecule has 0 aromatic rings. The van der Waals surface area contributed by atoms with Crippen molar-refractivity contribution >= 4 is 12.1 Å². The molecular weight excluding hydrogens is 200 g/mol. The van der Waals surface area contributed by atoms with E-state index in [0.717, 1.165) is 0 Å². The smallest absolute Gasteiger partial charge is 0.408 e. The average molecular weight is 219 g/mol. The third-order valence-electron chi connectivity index (χ3n) is 1.60. The lowest BCUT2D eigenvalue weighted by molar-refractivity contribution is -0.140. The molecule has 2 N–H and O–H groups in total. The molecule has 1 amide bonds. The van der Waals surface area contributed by atoms with Crippen LogP contribution in [0, 0.1) is 5.92 Å². The Morgan fingerprint density at radius 1 is 1.40 bits per heavy atom. The summed E-state index contributed by atoms with van der Waals surface area (Å²) in [5.74, 6) is -1.24. The standard InChI is InChI=1S/C10H19NO4/c1-6(2)7(8(12)13)11-9(14)15-10(3,4)5/h6-7H,1-5H3,(H,11,14)(H,12,13)/t7-/m0/s1/i8+2. The number of hydrogen-bond donors (Lipinski definition) is 2. The van der Waals surface area contributed by atoms with Gasteiger partial charge >= 0.3 is 12.1 Å². The van der Waals surface area contributed by atoms with E-state index < -0.39 is 23.7 Å². The highest BCUT2D eigenvalue weighted by atomic mass is 16.6. The molecule has 0 spiro atoms. The van der Waals surface area contributed by atoms with Crippen molar-refractivity contribution in [2.24, 2.45) is 5.92 Å². The van der Waals surface area contributed by atoms with Gasteiger partial charge in [0.25, 0.3) is 0 Å². The fourth-order valence-electron chi connectivity index (χ4n) is 0.948. The van der Waals surface area contributed by atoms with Crippen LogP contribution in [0.1, 0.15) is 34.6 Å². The van der Waals surface area contributed by atoms with Crippen molar-refractivity contribution in [3.63, 3.8) is 0 Å². The van der Waals surface area contributed by atoms with Crippen LogP contribution in [0.2, 0.25) is 0 Å². The first kappa shape index (κ1) is 13.7. The van der Waals surface area contributed by atoms with Gasteiger partial charge in [-0.15, -0.1) is 0 Å². The van der Waals surface area contributed by atoms with Gasteiger partial charge in [-0.3, -0.25) is 0 Å². The lowest BCUT2D eigenvalue weighted by atomic mass is 10.1. The minimum absolute atomic E-state index is 0.185. The molecular formula is C10H19NO4. The van der Waals surface area contributed by atoms with Gasteiger partial charge in [0.15, 0.2) is 0 Å². The van der Waals surface area contributed by atoms with Gasteiger partial charge < -0.3 is 15.2 Å². The van der Waals surface area contributed by atoms with Crippen molar-refractivity contribution in [3.8, 4) is 0 Å². The highest BCUT2D eigenvalue weighted by molar-refractivity contribution is 5.80. The Hall–Kier alpha value is -1.26. The number of amides is 1. The summed E-state index contributed by atoms with van der Waals surface area (Å²) < 4.78 is 4.96. The van der Waals surface area contributed by atoms with Gasteiger partial charge in [0.2, 0.25) is 0 Å². The molecule has 0 radical (unpaired) electrons. The fraction of sp³-hybridized carbons (Fsp3) is 0.800. The summed E-state index contributed by atoms with van der Waals surface area (Å²) in [7, 11) is 0. The monoisotopic (exact) mass is 219 g/mol. The van der Waals surface area contributed by atoms with E-state index in [4.69, 9.17) is 9.84 Å². The van der Waals surface area contributed by atoms with Crippen molar-refractivity contribution in [2.75, 3.05) is 0 Å². The molecule has 15 heavy (non-hydrogen) atoms. The van der Waals surface area contributed by atoms with Crippen LogP contribution < -0.4 is 5.32 Å². The second-order valence-electron chi connectivity index (χ2n) is 4.71. The molecule has 0 fully saturated rings. The van der Waals surface area contributed by atoms with Crippen LogP contribution in [-0.2, 0) is 9.53 Å². The summed E-state index contributed by atoms with van der Waals surface area (Å²) in [6, 6.07) is -0.917. The fourth-order valence-corrected chi connectivity index (χ4v) is 0.948. The number of carbonyl (C=O) groups is 2. The lowest BCUT2D eigenvalue weighted by Crippen LogP contribution is -2.46. The normalized spacial score (nSPS) is 13.5. The zero-order valence-corrected chi connectivity index (χ0v) is 9.83. The number of alkyl carbamates (subject to hydrolysis) is 1. The second kappa shape index (κ2) is 5.00. The third kappa shape index (κ3) is 5.93. The molecule has 0 unspecified atom stereocenters. The van der Waals surface area contributed by atoms with Gasteiger partial charge in [-0.2, -0.15) is 0 Å². The topological polar surface area (TPSA) is 75.6 Å². The first-order chi connectivity index (χ1) is 6.63. The van der Waals surface area contributed by atoms with E-state index in [9.17, 15) is 9.59 Å². The van der Waals surface area contributed by atoms with Gasteiger partial charge in [-0.1, -0.05) is 13.8 Å². The molecule has 0 aromatic heterocycles. The highest BCUT2D eigenvalue weighted by Crippen LogP contribution is 2.08. The Labute approximate surface area is 89.8 Å². The van der Waals surface area contributed by atoms with Crippen molar-refractivity contribution in [1.29, 1.82) is 0 Å². The van der Waals surface area contributed by atoms with E-state index in [1.54, 1.807) is 34.6 Å². The maximum Gasteiger partial charge on any atom is 0.408 e. The Morgan fingerprint density at radius 2 is 1.87 bits per heavy atom. The predicted octanol–water partition coefficient (Wildman–Crippen LogP) is 1.62. The lowest BCUT2D eigenvalue weighted by Gasteiger charge is -2.23. The number of carbonyl (C=O) groups excluding carboxylic acids is 1. The Bertz CT molecular complexity index is 242. The molecule has 0 rings (SSSR count). The Morgan fingerprint density at radius 3 is 2.13 bits per heavy atom. The Kier molecular flexibility index (Phi) is 4.58. The van der Waals surface area contributed by atoms with E-state index in [1.165, 1.54) is 0 Å². The van der Waals surface area contributed by atoms with E-state index in [2.05, 4.69) is 5.32 Å². The summed E-state index contributed by atoms with van der Waals surface area (Å²) in [6.07, 6.45) is -0.705. The SMILES string of the molecule is CC(C)[C@H](NC(=O)OC(C)(C)C)[14C](=O)O. The number of rotatable bonds is 3. The van der Waals surface area contributed by atoms with Gasteiger partial charge in [0.1, 0.15) is 11.6 Å². The molecule has 0 saturated heterocycles. The second-order valence-corrected chi connectivity index (χ2v) is 4.71. The van der Waals surface area contributed by atoms with Gasteiger partial charge in [-0.25, -0.2) is 9.59 Å². The van der Waals surface area contributed by atoms with Crippen LogP contribution >= 0.6 is 0 Å². The minimum atomic E-state index is -1.06. The van der Waals surface area contributed by atoms with Crippen LogP contribution in [0.3, 0.4) is 0 Å². The van der Waals surface area contributed by atoms with E-state index in [0.29, 0.717) is 0 Å². The van der Waals surface area contributed by atoms with E-state index in [-0.39, 0.29) is 5.92 Å². The molecule has 0 aromatic carbocycles. The predicted molar refractivity (Wildman–Crippen MR) is 55.6 cm³/mol. The van der Waals surface area contributed by atoms with Gasteiger partial charge in [0.05, 0.1) is 0 Å². The molecule has 0 heterocycles. The maximum atomic E-state index is 11.3. The summed E-state index contributed by atoms with van der Waals surface area (Å²) in [6.45, 7) is 8.60. The zero-order chi connectivity index (χ0) is 12.2. The number of nitrogens with one attached hydrogen (secondary N) is 1. The number of hydrogen-bond acceptors (Lipinski definition) is 3. The molecule has 5 nitrogen and oxygen atoms in total. The average Bonchev–Trinajstić information content (AvgIpc) is 1.95. The van der Waals surface area contributed by atoms with Crippen molar-refractivity contribution in [3.05, 3.63) is 0 Å². The van der Waals surface area contributed by atoms with Crippen molar-refractivity contribution in [2.45, 2.75) is 46.3 Å². The molecule has 88 valence electrons. The zero-order valence-electron chi connectivity index (χ0n) is 9.83. The van der Waals surface area contributed by atoms with Crippen LogP contribution in [0.4, 0.5) is 4.79 Å². The first-order valence-corrected chi connectivity index (χ1v) is 4.86. The third-order valence-corrected chi connectivity index (χ3v) is 1.60. The van der Waals surface area contributed by atoms with Crippen LogP contribution in [0.15, 0.2) is 0 Å². The number of ether oxygens (including phenoxy) is 1. The minimum Gasteiger partial charge on any atom is -0.480 e. The van der Waals surface area contributed by atoms with Crippen LogP contribution in [0.25, 0.3) is 0 Å². The molecule has 0 aliphatic carbocycles.